The number of thioether (sulfide) groups is 1. The third-order valence-corrected chi connectivity index (χ3v) is 4.38. The van der Waals surface area contributed by atoms with E-state index in [9.17, 15) is 14.4 Å². The summed E-state index contributed by atoms with van der Waals surface area (Å²) in [6.45, 7) is -1.00. The molecule has 8 nitrogen and oxygen atoms in total. The number of thiocarbonyl (C=S) groups is 1. The topological polar surface area (TPSA) is 113 Å². The molecule has 0 spiro atoms. The van der Waals surface area contributed by atoms with Crippen LogP contribution >= 0.6 is 24.0 Å². The summed E-state index contributed by atoms with van der Waals surface area (Å²) in [6.07, 6.45) is 1.55. The predicted octanol–water partition coefficient (Wildman–Crippen LogP) is 1.44. The van der Waals surface area contributed by atoms with Crippen LogP contribution in [-0.2, 0) is 14.4 Å². The van der Waals surface area contributed by atoms with E-state index in [1.807, 2.05) is 0 Å². The van der Waals surface area contributed by atoms with Crippen LogP contribution in [0.15, 0.2) is 23.1 Å². The molecule has 1 aromatic carbocycles. The zero-order valence-corrected chi connectivity index (χ0v) is 14.6. The van der Waals surface area contributed by atoms with Crippen molar-refractivity contribution < 1.29 is 34.1 Å². The summed E-state index contributed by atoms with van der Waals surface area (Å²) in [4.78, 5) is 34.9. The van der Waals surface area contributed by atoms with Crippen LogP contribution < -0.4 is 9.47 Å². The van der Waals surface area contributed by atoms with Gasteiger partial charge in [-0.2, -0.15) is 0 Å². The quantitative estimate of drug-likeness (QED) is 0.533. The first-order chi connectivity index (χ1) is 11.8. The number of benzene rings is 1. The predicted molar refractivity (Wildman–Crippen MR) is 93.6 cm³/mol. The molecule has 0 atom stereocenters. The fourth-order valence-corrected chi connectivity index (χ4v) is 3.21. The van der Waals surface area contributed by atoms with Crippen molar-refractivity contribution >= 4 is 52.2 Å². The van der Waals surface area contributed by atoms with Gasteiger partial charge in [-0.1, -0.05) is 30.0 Å². The number of carboxylic acids is 2. The summed E-state index contributed by atoms with van der Waals surface area (Å²) in [6, 6.07) is 4.70. The van der Waals surface area contributed by atoms with Gasteiger partial charge in [0.2, 0.25) is 0 Å². The molecule has 1 aliphatic rings. The number of carboxylic acid groups (broad SMARTS) is 2. The maximum atomic E-state index is 12.2. The van der Waals surface area contributed by atoms with Crippen LogP contribution in [-0.4, -0.2) is 57.5 Å². The Bertz CT molecular complexity index is 775. The van der Waals surface area contributed by atoms with E-state index in [0.29, 0.717) is 11.3 Å². The monoisotopic (exact) mass is 383 g/mol. The third kappa shape index (κ3) is 4.70. The first-order valence-corrected chi connectivity index (χ1v) is 8.04. The highest BCUT2D eigenvalue weighted by atomic mass is 32.2. The average Bonchev–Trinajstić information content (AvgIpc) is 2.80. The van der Waals surface area contributed by atoms with Gasteiger partial charge >= 0.3 is 11.9 Å². The molecule has 1 aromatic rings. The first kappa shape index (κ1) is 18.7. The van der Waals surface area contributed by atoms with E-state index in [-0.39, 0.29) is 15.0 Å². The summed E-state index contributed by atoms with van der Waals surface area (Å²) in [7, 11) is 1.40. The lowest BCUT2D eigenvalue weighted by molar-refractivity contribution is -0.140. The van der Waals surface area contributed by atoms with E-state index in [1.165, 1.54) is 13.2 Å². The second-order valence-electron chi connectivity index (χ2n) is 4.75. The minimum atomic E-state index is -1.15. The van der Waals surface area contributed by atoms with Gasteiger partial charge in [-0.15, -0.1) is 0 Å². The molecule has 1 heterocycles. The molecule has 1 fully saturated rings. The molecule has 0 aliphatic carbocycles. The van der Waals surface area contributed by atoms with Crippen LogP contribution in [0.3, 0.4) is 0 Å². The van der Waals surface area contributed by atoms with E-state index in [2.05, 4.69) is 0 Å². The Kier molecular flexibility index (Phi) is 5.99. The number of carbonyl (C=O) groups is 3. The summed E-state index contributed by atoms with van der Waals surface area (Å²) < 4.78 is 10.4. The van der Waals surface area contributed by atoms with Crippen molar-refractivity contribution in [1.82, 2.24) is 4.90 Å². The number of methoxy groups -OCH3 is 1. The van der Waals surface area contributed by atoms with Crippen LogP contribution in [0.25, 0.3) is 6.08 Å². The van der Waals surface area contributed by atoms with Crippen molar-refractivity contribution in [3.8, 4) is 11.5 Å². The van der Waals surface area contributed by atoms with Gasteiger partial charge in [0.1, 0.15) is 10.9 Å². The molecule has 1 aliphatic heterocycles. The second kappa shape index (κ2) is 7.99. The van der Waals surface area contributed by atoms with Gasteiger partial charge in [0.15, 0.2) is 18.1 Å². The zero-order valence-electron chi connectivity index (χ0n) is 12.9. The number of hydrogen-bond donors (Lipinski definition) is 2. The molecule has 10 heteroatoms. The Morgan fingerprint density at radius 2 is 2.00 bits per heavy atom. The molecular weight excluding hydrogens is 370 g/mol. The van der Waals surface area contributed by atoms with Crippen LogP contribution in [0.5, 0.6) is 11.5 Å². The molecule has 0 unspecified atom stereocenters. The Morgan fingerprint density at radius 1 is 1.28 bits per heavy atom. The fraction of sp³-hybridized carbons (Fsp3) is 0.200. The van der Waals surface area contributed by atoms with E-state index >= 15 is 0 Å². The average molecular weight is 383 g/mol. The van der Waals surface area contributed by atoms with Crippen molar-refractivity contribution in [3.05, 3.63) is 28.7 Å². The van der Waals surface area contributed by atoms with Gasteiger partial charge in [0.05, 0.1) is 12.0 Å². The van der Waals surface area contributed by atoms with E-state index in [0.717, 1.165) is 16.7 Å². The van der Waals surface area contributed by atoms with Crippen LogP contribution in [0.4, 0.5) is 0 Å². The molecule has 0 aromatic heterocycles. The summed E-state index contributed by atoms with van der Waals surface area (Å²) >= 11 is 6.03. The summed E-state index contributed by atoms with van der Waals surface area (Å²) in [5.74, 6) is -2.20. The molecule has 1 saturated heterocycles. The largest absolute Gasteiger partial charge is 0.493 e. The van der Waals surface area contributed by atoms with Crippen molar-refractivity contribution in [2.24, 2.45) is 0 Å². The number of hydrogen-bond acceptors (Lipinski definition) is 7. The maximum absolute atomic E-state index is 12.2. The first-order valence-electron chi connectivity index (χ1n) is 6.81. The summed E-state index contributed by atoms with van der Waals surface area (Å²) in [5.41, 5.74) is 0.593. The van der Waals surface area contributed by atoms with E-state index in [4.69, 9.17) is 31.9 Å². The normalized spacial score (nSPS) is 15.6. The zero-order chi connectivity index (χ0) is 18.6. The van der Waals surface area contributed by atoms with Gasteiger partial charge < -0.3 is 19.7 Å². The van der Waals surface area contributed by atoms with Crippen LogP contribution in [0.1, 0.15) is 5.56 Å². The van der Waals surface area contributed by atoms with Gasteiger partial charge in [-0.25, -0.2) is 4.79 Å². The van der Waals surface area contributed by atoms with Gasteiger partial charge in [0, 0.05) is 0 Å². The van der Waals surface area contributed by atoms with Gasteiger partial charge in [0.25, 0.3) is 5.91 Å². The molecule has 0 radical (unpaired) electrons. The Morgan fingerprint density at radius 3 is 2.60 bits per heavy atom. The number of carbonyl (C=O) groups excluding carboxylic acids is 1. The second-order valence-corrected chi connectivity index (χ2v) is 6.43. The van der Waals surface area contributed by atoms with E-state index < -0.39 is 31.0 Å². The highest BCUT2D eigenvalue weighted by Gasteiger charge is 2.33. The van der Waals surface area contributed by atoms with Crippen molar-refractivity contribution in [2.75, 3.05) is 20.3 Å². The standard InChI is InChI=1S/C15H13NO7S2/c1-22-10-4-8(2-3-9(10)23-7-13(19)20)5-11-14(21)16(6-12(17)18)15(24)25-11/h2-5H,6-7H2,1H3,(H,17,18)(H,19,20)/b11-5+. The minimum absolute atomic E-state index is 0.173. The number of amides is 1. The fourth-order valence-electron chi connectivity index (χ4n) is 1.96. The molecule has 2 N–H and O–H groups in total. The number of nitrogens with zero attached hydrogens (tertiary/aromatic N) is 1. The highest BCUT2D eigenvalue weighted by Crippen LogP contribution is 2.34. The van der Waals surface area contributed by atoms with Crippen LogP contribution in [0, 0.1) is 0 Å². The van der Waals surface area contributed by atoms with E-state index in [1.54, 1.807) is 18.2 Å². The lowest BCUT2D eigenvalue weighted by atomic mass is 10.2. The molecular formula is C15H13NO7S2. The van der Waals surface area contributed by atoms with Crippen molar-refractivity contribution in [1.29, 1.82) is 0 Å². The Balaban J connectivity index is 2.23. The summed E-state index contributed by atoms with van der Waals surface area (Å²) in [5, 5.41) is 17.5. The number of aliphatic carboxylic acids is 2. The number of rotatable bonds is 7. The Labute approximate surface area is 152 Å². The smallest absolute Gasteiger partial charge is 0.341 e. The molecule has 25 heavy (non-hydrogen) atoms. The molecule has 0 bridgehead atoms. The SMILES string of the molecule is COc1cc(/C=C2/SC(=S)N(CC(=O)O)C2=O)ccc1OCC(=O)O. The van der Waals surface area contributed by atoms with Gasteiger partial charge in [-0.3, -0.25) is 14.5 Å². The minimum Gasteiger partial charge on any atom is -0.493 e. The Hall–Kier alpha value is -2.59. The third-order valence-electron chi connectivity index (χ3n) is 3.00. The maximum Gasteiger partial charge on any atom is 0.341 e. The molecule has 1 amide bonds. The lowest BCUT2D eigenvalue weighted by Crippen LogP contribution is -2.33. The van der Waals surface area contributed by atoms with Crippen LogP contribution in [0.2, 0.25) is 0 Å². The molecule has 0 saturated carbocycles. The van der Waals surface area contributed by atoms with Gasteiger partial charge in [-0.05, 0) is 23.8 Å². The number of ether oxygens (including phenoxy) is 2. The highest BCUT2D eigenvalue weighted by molar-refractivity contribution is 8.26. The van der Waals surface area contributed by atoms with Crippen molar-refractivity contribution in [2.45, 2.75) is 0 Å². The molecule has 132 valence electrons. The lowest BCUT2D eigenvalue weighted by Gasteiger charge is -2.10. The van der Waals surface area contributed by atoms with Crippen molar-refractivity contribution in [3.63, 3.8) is 0 Å². The molecule has 2 rings (SSSR count).